The van der Waals surface area contributed by atoms with Crippen LogP contribution in [0.5, 0.6) is 0 Å². The monoisotopic (exact) mass is 279 g/mol. The molecular formula is C13H26ClNOS. The maximum atomic E-state index is 11.2. The molecule has 0 aliphatic heterocycles. The molecule has 0 radical (unpaired) electrons. The van der Waals surface area contributed by atoms with Crippen molar-refractivity contribution < 1.29 is 4.79 Å². The molecular weight excluding hydrogens is 254 g/mol. The average Bonchev–Trinajstić information content (AvgIpc) is 2.31. The first-order valence-electron chi connectivity index (χ1n) is 6.82. The zero-order chi connectivity index (χ0) is 12.9. The molecule has 0 aliphatic carbocycles. The van der Waals surface area contributed by atoms with Gasteiger partial charge in [-0.3, -0.25) is 9.10 Å². The molecule has 0 saturated carbocycles. The lowest BCUT2D eigenvalue weighted by Gasteiger charge is -2.17. The number of nitrogens with zero attached hydrogens (tertiary/aromatic N) is 1. The third-order valence-corrected chi connectivity index (χ3v) is 4.09. The Morgan fingerprint density at radius 1 is 1.00 bits per heavy atom. The molecule has 0 fully saturated rings. The van der Waals surface area contributed by atoms with E-state index >= 15 is 0 Å². The smallest absolute Gasteiger partial charge is 0.273 e. The Kier molecular flexibility index (Phi) is 12.6. The number of hydrogen-bond donors (Lipinski definition) is 0. The minimum absolute atomic E-state index is 0.318. The normalized spacial score (nSPS) is 10.5. The van der Waals surface area contributed by atoms with Gasteiger partial charge in [-0.2, -0.15) is 0 Å². The third kappa shape index (κ3) is 11.0. The molecule has 0 spiro atoms. The summed E-state index contributed by atoms with van der Waals surface area (Å²) in [5.74, 6) is 1.01. The molecule has 0 aliphatic rings. The van der Waals surface area contributed by atoms with E-state index in [4.69, 9.17) is 11.6 Å². The van der Waals surface area contributed by atoms with Crippen LogP contribution < -0.4 is 0 Å². The second kappa shape index (κ2) is 12.6. The summed E-state index contributed by atoms with van der Waals surface area (Å²) in [7, 11) is 0. The molecule has 0 bridgehead atoms. The molecule has 0 N–H and O–H groups in total. The van der Waals surface area contributed by atoms with Crippen molar-refractivity contribution in [2.24, 2.45) is 0 Å². The molecule has 0 rings (SSSR count). The molecule has 0 aromatic heterocycles. The highest BCUT2D eigenvalue weighted by molar-refractivity contribution is 7.97. The fourth-order valence-electron chi connectivity index (χ4n) is 1.59. The molecule has 4 heteroatoms. The number of unbranched alkanes of at least 4 members (excludes halogenated alkanes) is 6. The van der Waals surface area contributed by atoms with Crippen LogP contribution in [0, 0.1) is 0 Å². The highest BCUT2D eigenvalue weighted by atomic mass is 35.5. The van der Waals surface area contributed by atoms with Gasteiger partial charge in [0.15, 0.2) is 0 Å². The molecule has 1 amide bonds. The topological polar surface area (TPSA) is 20.3 Å². The van der Waals surface area contributed by atoms with Gasteiger partial charge in [0.25, 0.3) is 0 Å². The van der Waals surface area contributed by atoms with Crippen LogP contribution in [0.1, 0.15) is 65.2 Å². The van der Waals surface area contributed by atoms with E-state index in [1.54, 1.807) is 16.3 Å². The van der Waals surface area contributed by atoms with Crippen LogP contribution in [0.15, 0.2) is 0 Å². The molecule has 0 atom stereocenters. The summed E-state index contributed by atoms with van der Waals surface area (Å²) in [5, 5.41) is -0.318. The Labute approximate surface area is 116 Å². The Balaban J connectivity index is 3.57. The van der Waals surface area contributed by atoms with Crippen molar-refractivity contribution in [3.05, 3.63) is 0 Å². The average molecular weight is 280 g/mol. The molecule has 0 aromatic rings. The van der Waals surface area contributed by atoms with Crippen LogP contribution in [-0.2, 0) is 0 Å². The Morgan fingerprint density at radius 2 is 1.59 bits per heavy atom. The molecule has 0 unspecified atom stereocenters. The zero-order valence-corrected chi connectivity index (χ0v) is 12.8. The number of carbonyl (C=O) groups is 1. The fourth-order valence-corrected chi connectivity index (χ4v) is 2.73. The lowest BCUT2D eigenvalue weighted by molar-refractivity contribution is 0.246. The lowest BCUT2D eigenvalue weighted by Crippen LogP contribution is -2.20. The van der Waals surface area contributed by atoms with Gasteiger partial charge in [0, 0.05) is 12.3 Å². The van der Waals surface area contributed by atoms with Crippen LogP contribution in [0.2, 0.25) is 0 Å². The van der Waals surface area contributed by atoms with Gasteiger partial charge in [0.05, 0.1) is 0 Å². The summed E-state index contributed by atoms with van der Waals surface area (Å²) >= 11 is 7.15. The van der Waals surface area contributed by atoms with Crippen LogP contribution in [0.4, 0.5) is 4.79 Å². The molecule has 0 aromatic carbocycles. The Hall–Kier alpha value is 0.110. The van der Waals surface area contributed by atoms with Gasteiger partial charge >= 0.3 is 5.37 Å². The second-order valence-corrected chi connectivity index (χ2v) is 5.74. The largest absolute Gasteiger partial charge is 0.326 e. The van der Waals surface area contributed by atoms with Gasteiger partial charge in [0.1, 0.15) is 0 Å². The highest BCUT2D eigenvalue weighted by Crippen LogP contribution is 2.17. The van der Waals surface area contributed by atoms with Gasteiger partial charge in [0.2, 0.25) is 0 Å². The van der Waals surface area contributed by atoms with Crippen molar-refractivity contribution in [2.75, 3.05) is 12.3 Å². The summed E-state index contributed by atoms with van der Waals surface area (Å²) in [5.41, 5.74) is 0. The molecule has 17 heavy (non-hydrogen) atoms. The van der Waals surface area contributed by atoms with Crippen LogP contribution in [0.25, 0.3) is 0 Å². The van der Waals surface area contributed by atoms with Gasteiger partial charge in [-0.05, 0) is 36.4 Å². The highest BCUT2D eigenvalue weighted by Gasteiger charge is 2.10. The quantitative estimate of drug-likeness (QED) is 0.217. The van der Waals surface area contributed by atoms with Crippen molar-refractivity contribution in [2.45, 2.75) is 65.2 Å². The first kappa shape index (κ1) is 17.1. The summed E-state index contributed by atoms with van der Waals surface area (Å²) in [6, 6.07) is 0. The first-order chi connectivity index (χ1) is 8.22. The fraction of sp³-hybridized carbons (Fsp3) is 0.923. The van der Waals surface area contributed by atoms with E-state index in [1.165, 1.54) is 44.9 Å². The van der Waals surface area contributed by atoms with E-state index in [1.807, 2.05) is 0 Å². The SMILES string of the molecule is CCCCCCSN(CCCCCC)C(=O)Cl. The van der Waals surface area contributed by atoms with Crippen molar-refractivity contribution >= 4 is 28.9 Å². The number of halogens is 1. The predicted octanol–water partition coefficient (Wildman–Crippen LogP) is 5.46. The number of amides is 1. The minimum atomic E-state index is -0.318. The summed E-state index contributed by atoms with van der Waals surface area (Å²) < 4.78 is 1.71. The minimum Gasteiger partial charge on any atom is -0.273 e. The number of rotatable bonds is 11. The van der Waals surface area contributed by atoms with E-state index in [0.29, 0.717) is 0 Å². The standard InChI is InChI=1S/C13H26ClNOS/c1-3-5-7-9-11-15(13(14)16)17-12-10-8-6-4-2/h3-12H2,1-2H3. The van der Waals surface area contributed by atoms with E-state index in [0.717, 1.165) is 18.7 Å². The predicted molar refractivity (Wildman–Crippen MR) is 78.7 cm³/mol. The van der Waals surface area contributed by atoms with Gasteiger partial charge in [-0.15, -0.1) is 0 Å². The van der Waals surface area contributed by atoms with Crippen LogP contribution in [0.3, 0.4) is 0 Å². The zero-order valence-electron chi connectivity index (χ0n) is 11.2. The number of hydrogen-bond acceptors (Lipinski definition) is 2. The van der Waals surface area contributed by atoms with Crippen molar-refractivity contribution in [3.63, 3.8) is 0 Å². The first-order valence-corrected chi connectivity index (χ1v) is 8.14. The lowest BCUT2D eigenvalue weighted by atomic mass is 10.2. The molecule has 0 heterocycles. The number of carbonyl (C=O) groups excluding carboxylic acids is 1. The summed E-state index contributed by atoms with van der Waals surface area (Å²) in [4.78, 5) is 11.2. The maximum absolute atomic E-state index is 11.2. The van der Waals surface area contributed by atoms with Gasteiger partial charge < -0.3 is 0 Å². The molecule has 2 nitrogen and oxygen atoms in total. The van der Waals surface area contributed by atoms with Crippen LogP contribution >= 0.6 is 23.5 Å². The van der Waals surface area contributed by atoms with E-state index in [-0.39, 0.29) is 5.37 Å². The maximum Gasteiger partial charge on any atom is 0.326 e. The second-order valence-electron chi connectivity index (χ2n) is 4.31. The summed E-state index contributed by atoms with van der Waals surface area (Å²) in [6.07, 6.45) is 9.68. The van der Waals surface area contributed by atoms with E-state index in [9.17, 15) is 4.79 Å². The van der Waals surface area contributed by atoms with Crippen LogP contribution in [-0.4, -0.2) is 22.0 Å². The Bertz CT molecular complexity index is 190. The molecule has 0 saturated heterocycles. The van der Waals surface area contributed by atoms with E-state index in [2.05, 4.69) is 13.8 Å². The van der Waals surface area contributed by atoms with Crippen molar-refractivity contribution in [1.29, 1.82) is 0 Å². The van der Waals surface area contributed by atoms with Crippen molar-refractivity contribution in [1.82, 2.24) is 4.31 Å². The van der Waals surface area contributed by atoms with Crippen molar-refractivity contribution in [3.8, 4) is 0 Å². The Morgan fingerprint density at radius 3 is 2.12 bits per heavy atom. The van der Waals surface area contributed by atoms with Gasteiger partial charge in [-0.25, -0.2) is 0 Å². The summed E-state index contributed by atoms with van der Waals surface area (Å²) in [6.45, 7) is 5.18. The van der Waals surface area contributed by atoms with Gasteiger partial charge in [-0.1, -0.05) is 52.4 Å². The molecule has 102 valence electrons. The van der Waals surface area contributed by atoms with E-state index < -0.39 is 0 Å². The third-order valence-electron chi connectivity index (χ3n) is 2.66.